The van der Waals surface area contributed by atoms with Crippen LogP contribution in [0.2, 0.25) is 0 Å². The van der Waals surface area contributed by atoms with Crippen LogP contribution in [0.25, 0.3) is 0 Å². The van der Waals surface area contributed by atoms with Crippen molar-refractivity contribution in [2.45, 2.75) is 84.1 Å². The fourth-order valence-corrected chi connectivity index (χ4v) is 3.54. The average Bonchev–Trinajstić information content (AvgIpc) is 2.71. The van der Waals surface area contributed by atoms with Crippen LogP contribution >= 0.6 is 0 Å². The molecular weight excluding hydrogens is 382 g/mol. The van der Waals surface area contributed by atoms with Gasteiger partial charge in [-0.1, -0.05) is 89.0 Å². The predicted octanol–water partition coefficient (Wildman–Crippen LogP) is 3.19. The third kappa shape index (κ3) is 10.5. The Labute approximate surface area is 182 Å². The second-order valence-electron chi connectivity index (χ2n) is 7.81. The SMILES string of the molecule is CCCCCCCCCCCCc1ccc(C[n+]2ccc(C(=O)O)cc2)cc1.[Cl-]. The highest BCUT2D eigenvalue weighted by Gasteiger charge is 2.07. The van der Waals surface area contributed by atoms with E-state index in [1.807, 2.05) is 17.0 Å². The van der Waals surface area contributed by atoms with Crippen molar-refractivity contribution in [1.82, 2.24) is 0 Å². The molecule has 1 N–H and O–H groups in total. The summed E-state index contributed by atoms with van der Waals surface area (Å²) in [6.07, 6.45) is 18.6. The van der Waals surface area contributed by atoms with E-state index in [-0.39, 0.29) is 12.4 Å². The first-order valence-corrected chi connectivity index (χ1v) is 11.0. The van der Waals surface area contributed by atoms with Crippen LogP contribution in [0.4, 0.5) is 0 Å². The molecule has 0 radical (unpaired) electrons. The van der Waals surface area contributed by atoms with Crippen molar-refractivity contribution in [2.75, 3.05) is 0 Å². The minimum atomic E-state index is -0.886. The van der Waals surface area contributed by atoms with Crippen LogP contribution in [0.3, 0.4) is 0 Å². The molecule has 0 spiro atoms. The first kappa shape index (κ1) is 25.2. The number of benzene rings is 1. The van der Waals surface area contributed by atoms with Crippen LogP contribution in [0, 0.1) is 0 Å². The van der Waals surface area contributed by atoms with E-state index in [0.29, 0.717) is 5.56 Å². The summed E-state index contributed by atoms with van der Waals surface area (Å²) >= 11 is 0. The topological polar surface area (TPSA) is 41.2 Å². The van der Waals surface area contributed by atoms with Gasteiger partial charge in [-0.15, -0.1) is 0 Å². The highest BCUT2D eigenvalue weighted by Crippen LogP contribution is 2.13. The van der Waals surface area contributed by atoms with Crippen molar-refractivity contribution in [3.63, 3.8) is 0 Å². The van der Waals surface area contributed by atoms with Crippen molar-refractivity contribution in [3.8, 4) is 0 Å². The summed E-state index contributed by atoms with van der Waals surface area (Å²) in [6.45, 7) is 3.03. The number of rotatable bonds is 14. The molecule has 0 fully saturated rings. The summed E-state index contributed by atoms with van der Waals surface area (Å²) in [6, 6.07) is 12.1. The molecule has 29 heavy (non-hydrogen) atoms. The molecule has 1 aromatic carbocycles. The minimum Gasteiger partial charge on any atom is -1.00 e. The molecule has 1 aromatic heterocycles. The van der Waals surface area contributed by atoms with Gasteiger partial charge >= 0.3 is 5.97 Å². The summed E-state index contributed by atoms with van der Waals surface area (Å²) in [5.74, 6) is -0.886. The second-order valence-corrected chi connectivity index (χ2v) is 7.81. The van der Waals surface area contributed by atoms with E-state index in [1.165, 1.54) is 75.3 Å². The zero-order chi connectivity index (χ0) is 20.0. The number of pyridine rings is 1. The van der Waals surface area contributed by atoms with Gasteiger partial charge in [-0.3, -0.25) is 0 Å². The molecule has 160 valence electrons. The molecule has 4 heteroatoms. The van der Waals surface area contributed by atoms with Gasteiger partial charge in [-0.05, 0) is 18.4 Å². The molecule has 0 aliphatic rings. The van der Waals surface area contributed by atoms with E-state index in [0.717, 1.165) is 13.0 Å². The first-order valence-electron chi connectivity index (χ1n) is 11.0. The number of aromatic nitrogens is 1. The minimum absolute atomic E-state index is 0. The number of unbranched alkanes of at least 4 members (excludes halogenated alkanes) is 9. The summed E-state index contributed by atoms with van der Waals surface area (Å²) in [7, 11) is 0. The molecule has 2 aromatic rings. The van der Waals surface area contributed by atoms with Gasteiger partial charge in [0.2, 0.25) is 0 Å². The van der Waals surface area contributed by atoms with Gasteiger partial charge < -0.3 is 17.5 Å². The zero-order valence-electron chi connectivity index (χ0n) is 17.8. The van der Waals surface area contributed by atoms with Crippen molar-refractivity contribution in [1.29, 1.82) is 0 Å². The van der Waals surface area contributed by atoms with Crippen LogP contribution in [0.15, 0.2) is 48.8 Å². The van der Waals surface area contributed by atoms with Crippen LogP contribution in [-0.2, 0) is 13.0 Å². The van der Waals surface area contributed by atoms with E-state index in [9.17, 15) is 4.79 Å². The number of aryl methyl sites for hydroxylation is 1. The van der Waals surface area contributed by atoms with E-state index in [1.54, 1.807) is 12.1 Å². The Morgan fingerprint density at radius 1 is 0.759 bits per heavy atom. The Morgan fingerprint density at radius 3 is 1.76 bits per heavy atom. The number of carboxylic acid groups (broad SMARTS) is 1. The van der Waals surface area contributed by atoms with Gasteiger partial charge in [0.1, 0.15) is 0 Å². The maximum absolute atomic E-state index is 10.9. The molecule has 0 aliphatic carbocycles. The molecule has 2 rings (SSSR count). The van der Waals surface area contributed by atoms with Crippen molar-refractivity contribution in [2.24, 2.45) is 0 Å². The van der Waals surface area contributed by atoms with Crippen molar-refractivity contribution >= 4 is 5.97 Å². The van der Waals surface area contributed by atoms with Crippen molar-refractivity contribution < 1.29 is 26.9 Å². The smallest absolute Gasteiger partial charge is 0.336 e. The van der Waals surface area contributed by atoms with E-state index in [4.69, 9.17) is 5.11 Å². The average molecular weight is 418 g/mol. The molecular formula is C25H36ClNO2. The van der Waals surface area contributed by atoms with Gasteiger partial charge in [-0.2, -0.15) is 0 Å². The fraction of sp³-hybridized carbons (Fsp3) is 0.520. The Bertz CT molecular complexity index is 683. The fourth-order valence-electron chi connectivity index (χ4n) is 3.54. The van der Waals surface area contributed by atoms with Gasteiger partial charge in [0, 0.05) is 17.7 Å². The Morgan fingerprint density at radius 2 is 1.24 bits per heavy atom. The van der Waals surface area contributed by atoms with Crippen LogP contribution < -0.4 is 17.0 Å². The standard InChI is InChI=1S/C25H35NO2.ClH/c1-2-3-4-5-6-7-8-9-10-11-12-22-13-15-23(16-14-22)21-26-19-17-24(18-20-26)25(27)28;/h13-20H,2-12,21H2,1H3;1H. The highest BCUT2D eigenvalue weighted by molar-refractivity contribution is 5.87. The van der Waals surface area contributed by atoms with Crippen LogP contribution in [0.5, 0.6) is 0 Å². The number of hydrogen-bond acceptors (Lipinski definition) is 1. The number of nitrogens with zero attached hydrogens (tertiary/aromatic N) is 1. The lowest BCUT2D eigenvalue weighted by Crippen LogP contribution is -3.00. The van der Waals surface area contributed by atoms with E-state index < -0.39 is 5.97 Å². The lowest BCUT2D eigenvalue weighted by atomic mass is 10.0. The van der Waals surface area contributed by atoms with Crippen LogP contribution in [0.1, 0.15) is 92.6 Å². The normalized spacial score (nSPS) is 10.5. The number of carbonyl (C=O) groups is 1. The van der Waals surface area contributed by atoms with Crippen LogP contribution in [-0.4, -0.2) is 11.1 Å². The summed E-state index contributed by atoms with van der Waals surface area (Å²) in [5.41, 5.74) is 2.97. The molecule has 1 heterocycles. The summed E-state index contributed by atoms with van der Waals surface area (Å²) in [4.78, 5) is 10.9. The van der Waals surface area contributed by atoms with Gasteiger partial charge in [0.15, 0.2) is 18.9 Å². The van der Waals surface area contributed by atoms with Crippen molar-refractivity contribution in [3.05, 3.63) is 65.5 Å². The lowest BCUT2D eigenvalue weighted by Gasteiger charge is -2.04. The Kier molecular flexibility index (Phi) is 13.0. The highest BCUT2D eigenvalue weighted by atomic mass is 35.5. The lowest BCUT2D eigenvalue weighted by molar-refractivity contribution is -0.688. The third-order valence-electron chi connectivity index (χ3n) is 5.35. The zero-order valence-corrected chi connectivity index (χ0v) is 18.5. The largest absolute Gasteiger partial charge is 1.00 e. The number of hydrogen-bond donors (Lipinski definition) is 1. The second kappa shape index (κ2) is 15.0. The monoisotopic (exact) mass is 417 g/mol. The molecule has 0 bridgehead atoms. The maximum atomic E-state index is 10.9. The van der Waals surface area contributed by atoms with E-state index >= 15 is 0 Å². The molecule has 0 atom stereocenters. The molecule has 0 saturated heterocycles. The van der Waals surface area contributed by atoms with Gasteiger partial charge in [0.25, 0.3) is 0 Å². The van der Waals surface area contributed by atoms with Gasteiger partial charge in [-0.25, -0.2) is 9.36 Å². The molecule has 0 saturated carbocycles. The summed E-state index contributed by atoms with van der Waals surface area (Å²) in [5, 5.41) is 8.96. The molecule has 0 aliphatic heterocycles. The first-order chi connectivity index (χ1) is 13.7. The quantitative estimate of drug-likeness (QED) is 0.379. The number of carboxylic acids is 1. The molecule has 0 amide bonds. The summed E-state index contributed by atoms with van der Waals surface area (Å²) < 4.78 is 2.00. The number of aromatic carboxylic acids is 1. The maximum Gasteiger partial charge on any atom is 0.336 e. The number of halogens is 1. The molecule has 3 nitrogen and oxygen atoms in total. The third-order valence-corrected chi connectivity index (χ3v) is 5.35. The predicted molar refractivity (Wildman–Crippen MR) is 115 cm³/mol. The molecule has 0 unspecified atom stereocenters. The van der Waals surface area contributed by atoms with E-state index in [2.05, 4.69) is 31.2 Å². The Balaban J connectivity index is 0.00000420. The Hall–Kier alpha value is -1.87. The van der Waals surface area contributed by atoms with Gasteiger partial charge in [0.05, 0.1) is 5.56 Å².